The average Bonchev–Trinajstić information content (AvgIpc) is 3.36. The molecule has 2 fully saturated rings. The Labute approximate surface area is 190 Å². The van der Waals surface area contributed by atoms with Gasteiger partial charge in [0.05, 0.1) is 36.1 Å². The van der Waals surface area contributed by atoms with E-state index in [4.69, 9.17) is 19.5 Å². The number of hydrogen-bond acceptors (Lipinski definition) is 5. The number of nitrogens with zero attached hydrogens (tertiary/aromatic N) is 3. The summed E-state index contributed by atoms with van der Waals surface area (Å²) in [4.78, 5) is 11.9. The summed E-state index contributed by atoms with van der Waals surface area (Å²) in [6, 6.07) is 0. The van der Waals surface area contributed by atoms with E-state index in [0.717, 1.165) is 63.8 Å². The van der Waals surface area contributed by atoms with Crippen LogP contribution in [-0.4, -0.2) is 60.9 Å². The highest BCUT2D eigenvalue weighted by molar-refractivity contribution is 14.0. The lowest BCUT2D eigenvalue weighted by atomic mass is 10.1. The zero-order chi connectivity index (χ0) is 19.1. The van der Waals surface area contributed by atoms with Gasteiger partial charge in [-0.15, -0.1) is 35.3 Å². The Morgan fingerprint density at radius 3 is 2.79 bits per heavy atom. The van der Waals surface area contributed by atoms with Crippen LogP contribution in [0.3, 0.4) is 0 Å². The second-order valence-electron chi connectivity index (χ2n) is 7.66. The maximum atomic E-state index is 6.09. The quantitative estimate of drug-likeness (QED) is 0.333. The Hall–Kier alpha value is -0.450. The van der Waals surface area contributed by atoms with Crippen molar-refractivity contribution in [2.45, 2.75) is 71.1 Å². The van der Waals surface area contributed by atoms with Crippen molar-refractivity contribution in [3.8, 4) is 0 Å². The van der Waals surface area contributed by atoms with Crippen molar-refractivity contribution in [1.82, 2.24) is 15.2 Å². The maximum absolute atomic E-state index is 6.09. The fourth-order valence-corrected chi connectivity index (χ4v) is 4.32. The summed E-state index contributed by atoms with van der Waals surface area (Å²) in [6.07, 6.45) is 5.07. The number of nitrogens with one attached hydrogen (secondary N) is 1. The Morgan fingerprint density at radius 1 is 1.39 bits per heavy atom. The van der Waals surface area contributed by atoms with Gasteiger partial charge in [-0.2, -0.15) is 0 Å². The topological polar surface area (TPSA) is 59.0 Å². The van der Waals surface area contributed by atoms with Crippen molar-refractivity contribution >= 4 is 41.3 Å². The van der Waals surface area contributed by atoms with E-state index in [1.54, 1.807) is 11.3 Å². The summed E-state index contributed by atoms with van der Waals surface area (Å²) in [5.41, 5.74) is 1.06. The van der Waals surface area contributed by atoms with E-state index >= 15 is 0 Å². The molecule has 3 rings (SSSR count). The van der Waals surface area contributed by atoms with E-state index in [0.29, 0.717) is 24.7 Å². The summed E-state index contributed by atoms with van der Waals surface area (Å²) < 4.78 is 11.7. The van der Waals surface area contributed by atoms with Crippen LogP contribution in [0.2, 0.25) is 0 Å². The number of thiazole rings is 1. The van der Waals surface area contributed by atoms with Crippen molar-refractivity contribution in [2.24, 2.45) is 4.99 Å². The van der Waals surface area contributed by atoms with Crippen LogP contribution in [0.1, 0.15) is 63.1 Å². The number of rotatable bonds is 7. The number of piperidine rings is 1. The monoisotopic (exact) mass is 522 g/mol. The van der Waals surface area contributed by atoms with Gasteiger partial charge in [-0.25, -0.2) is 9.98 Å². The predicted molar refractivity (Wildman–Crippen MR) is 126 cm³/mol. The molecule has 1 aromatic heterocycles. The highest BCUT2D eigenvalue weighted by atomic mass is 127. The Morgan fingerprint density at radius 2 is 2.18 bits per heavy atom. The molecule has 2 saturated heterocycles. The van der Waals surface area contributed by atoms with Crippen molar-refractivity contribution in [3.63, 3.8) is 0 Å². The molecule has 2 aliphatic rings. The molecule has 0 aromatic carbocycles. The Kier molecular flexibility index (Phi) is 10.5. The third-order valence-electron chi connectivity index (χ3n) is 5.07. The van der Waals surface area contributed by atoms with Crippen LogP contribution in [-0.2, 0) is 16.0 Å². The van der Waals surface area contributed by atoms with Crippen LogP contribution < -0.4 is 5.32 Å². The Bertz CT molecular complexity index is 597. The zero-order valence-electron chi connectivity index (χ0n) is 17.4. The maximum Gasteiger partial charge on any atom is 0.194 e. The molecule has 0 saturated carbocycles. The molecular formula is C20H35IN4O2S. The minimum atomic E-state index is 0. The summed E-state index contributed by atoms with van der Waals surface area (Å²) in [7, 11) is 0. The number of ether oxygens (including phenoxy) is 2. The molecular weight excluding hydrogens is 487 g/mol. The molecule has 1 aromatic rings. The third kappa shape index (κ3) is 7.11. The highest BCUT2D eigenvalue weighted by Crippen LogP contribution is 2.20. The lowest BCUT2D eigenvalue weighted by molar-refractivity contribution is -0.0367. The van der Waals surface area contributed by atoms with Crippen LogP contribution in [0.25, 0.3) is 0 Å². The summed E-state index contributed by atoms with van der Waals surface area (Å²) in [5.74, 6) is 1.48. The summed E-state index contributed by atoms with van der Waals surface area (Å²) in [6.45, 7) is 11.6. The van der Waals surface area contributed by atoms with Crippen LogP contribution in [0, 0.1) is 0 Å². The lowest BCUT2D eigenvalue weighted by Crippen LogP contribution is -2.47. The predicted octanol–water partition coefficient (Wildman–Crippen LogP) is 4.01. The van der Waals surface area contributed by atoms with E-state index in [9.17, 15) is 0 Å². The highest BCUT2D eigenvalue weighted by Gasteiger charge is 2.24. The van der Waals surface area contributed by atoms with Gasteiger partial charge in [0.15, 0.2) is 5.96 Å². The molecule has 0 radical (unpaired) electrons. The van der Waals surface area contributed by atoms with Crippen LogP contribution in [0.15, 0.2) is 10.4 Å². The van der Waals surface area contributed by atoms with Crippen molar-refractivity contribution < 1.29 is 9.47 Å². The molecule has 28 heavy (non-hydrogen) atoms. The van der Waals surface area contributed by atoms with E-state index in [1.807, 2.05) is 0 Å². The molecule has 0 amide bonds. The van der Waals surface area contributed by atoms with Gasteiger partial charge in [0.1, 0.15) is 0 Å². The Balaban J connectivity index is 0.00000280. The number of guanidine groups is 1. The number of aliphatic imine (C=N–C) groups is 1. The molecule has 0 aliphatic carbocycles. The molecule has 3 heterocycles. The number of aromatic nitrogens is 1. The smallest absolute Gasteiger partial charge is 0.194 e. The molecule has 0 bridgehead atoms. The third-order valence-corrected chi connectivity index (χ3v) is 6.27. The van der Waals surface area contributed by atoms with Crippen LogP contribution in [0.5, 0.6) is 0 Å². The van der Waals surface area contributed by atoms with E-state index in [-0.39, 0.29) is 24.0 Å². The SMILES string of the molecule is CCNC(=NCc1csc(C(C)C)n1)N1CCC(OCC2CCCO2)CC1.I. The molecule has 1 N–H and O–H groups in total. The van der Waals surface area contributed by atoms with Crippen molar-refractivity contribution in [2.75, 3.05) is 32.8 Å². The normalized spacial score (nSPS) is 21.2. The van der Waals surface area contributed by atoms with Gasteiger partial charge >= 0.3 is 0 Å². The van der Waals surface area contributed by atoms with Gasteiger partial charge in [0, 0.05) is 37.5 Å². The van der Waals surface area contributed by atoms with E-state index in [1.165, 1.54) is 11.4 Å². The first kappa shape index (κ1) is 23.8. The first-order chi connectivity index (χ1) is 13.2. The molecule has 2 aliphatic heterocycles. The zero-order valence-corrected chi connectivity index (χ0v) is 20.5. The number of hydrogen-bond donors (Lipinski definition) is 1. The summed E-state index contributed by atoms with van der Waals surface area (Å²) >= 11 is 1.73. The minimum Gasteiger partial charge on any atom is -0.376 e. The van der Waals surface area contributed by atoms with E-state index < -0.39 is 0 Å². The standard InChI is InChI=1S/C20H34N4O2S.HI/c1-4-21-20(22-12-16-14-27-19(23-16)15(2)3)24-9-7-17(8-10-24)26-13-18-6-5-11-25-18;/h14-15,17-18H,4-13H2,1-3H3,(H,21,22);1H. The van der Waals surface area contributed by atoms with E-state index in [2.05, 4.69) is 36.4 Å². The van der Waals surface area contributed by atoms with Gasteiger partial charge in [0.25, 0.3) is 0 Å². The minimum absolute atomic E-state index is 0. The second kappa shape index (κ2) is 12.3. The molecule has 1 unspecified atom stereocenters. The molecule has 6 nitrogen and oxygen atoms in total. The van der Waals surface area contributed by atoms with Gasteiger partial charge in [0.2, 0.25) is 0 Å². The molecule has 1 atom stereocenters. The van der Waals surface area contributed by atoms with Crippen LogP contribution >= 0.6 is 35.3 Å². The first-order valence-corrected chi connectivity index (χ1v) is 11.2. The number of likely N-dealkylation sites (tertiary alicyclic amines) is 1. The fraction of sp³-hybridized carbons (Fsp3) is 0.800. The van der Waals surface area contributed by atoms with Gasteiger partial charge in [-0.05, 0) is 32.6 Å². The second-order valence-corrected chi connectivity index (χ2v) is 8.55. The summed E-state index contributed by atoms with van der Waals surface area (Å²) in [5, 5.41) is 6.76. The van der Waals surface area contributed by atoms with Gasteiger partial charge < -0.3 is 19.7 Å². The van der Waals surface area contributed by atoms with Gasteiger partial charge in [-0.3, -0.25) is 0 Å². The van der Waals surface area contributed by atoms with Crippen molar-refractivity contribution in [1.29, 1.82) is 0 Å². The lowest BCUT2D eigenvalue weighted by Gasteiger charge is -2.34. The van der Waals surface area contributed by atoms with Crippen LogP contribution in [0.4, 0.5) is 0 Å². The fourth-order valence-electron chi connectivity index (χ4n) is 3.50. The molecule has 160 valence electrons. The first-order valence-electron chi connectivity index (χ1n) is 10.4. The largest absolute Gasteiger partial charge is 0.376 e. The average molecular weight is 522 g/mol. The molecule has 8 heteroatoms. The van der Waals surface area contributed by atoms with Crippen molar-refractivity contribution in [3.05, 3.63) is 16.1 Å². The molecule has 0 spiro atoms. The van der Waals surface area contributed by atoms with Gasteiger partial charge in [-0.1, -0.05) is 13.8 Å². The number of halogens is 1.